The summed E-state index contributed by atoms with van der Waals surface area (Å²) < 4.78 is 5.50. The Kier molecular flexibility index (Phi) is 6.52. The van der Waals surface area contributed by atoms with Gasteiger partial charge in [-0.3, -0.25) is 9.59 Å². The van der Waals surface area contributed by atoms with Crippen molar-refractivity contribution in [3.05, 3.63) is 88.4 Å². The summed E-state index contributed by atoms with van der Waals surface area (Å²) in [5.41, 5.74) is 3.80. The van der Waals surface area contributed by atoms with Crippen molar-refractivity contribution >= 4 is 34.8 Å². The number of nitrogens with one attached hydrogen (secondary N) is 2. The molecular formula is C23H21ClN2O3. The van der Waals surface area contributed by atoms with Gasteiger partial charge >= 0.3 is 0 Å². The van der Waals surface area contributed by atoms with Gasteiger partial charge in [0.15, 0.2) is 6.61 Å². The molecule has 0 saturated heterocycles. The summed E-state index contributed by atoms with van der Waals surface area (Å²) in [5.74, 6) is -0.0130. The van der Waals surface area contributed by atoms with Gasteiger partial charge in [-0.25, -0.2) is 0 Å². The summed E-state index contributed by atoms with van der Waals surface area (Å²) in [6, 6.07) is 19.5. The summed E-state index contributed by atoms with van der Waals surface area (Å²) in [4.78, 5) is 24.4. The van der Waals surface area contributed by atoms with E-state index in [1.54, 1.807) is 42.5 Å². The second kappa shape index (κ2) is 9.26. The van der Waals surface area contributed by atoms with E-state index in [1.807, 2.05) is 38.1 Å². The van der Waals surface area contributed by atoms with E-state index in [0.717, 1.165) is 16.8 Å². The van der Waals surface area contributed by atoms with Crippen molar-refractivity contribution in [3.63, 3.8) is 0 Å². The van der Waals surface area contributed by atoms with Crippen LogP contribution < -0.4 is 15.4 Å². The van der Waals surface area contributed by atoms with Gasteiger partial charge in [-0.05, 0) is 67.9 Å². The minimum atomic E-state index is -0.295. The standard InChI is InChI=1S/C23H21ClN2O3/c1-15-6-10-18(11-7-15)25-23(28)17-8-12-19(13-9-17)29-14-22(27)26-21-5-3-4-20(24)16(21)2/h3-13H,14H2,1-2H3,(H,25,28)(H,26,27). The third kappa shape index (κ3) is 5.59. The van der Waals surface area contributed by atoms with Gasteiger partial charge < -0.3 is 15.4 Å². The molecule has 2 amide bonds. The first-order valence-corrected chi connectivity index (χ1v) is 9.46. The summed E-state index contributed by atoms with van der Waals surface area (Å²) in [5, 5.41) is 6.19. The number of anilines is 2. The van der Waals surface area contributed by atoms with E-state index in [4.69, 9.17) is 16.3 Å². The third-order valence-corrected chi connectivity index (χ3v) is 4.75. The van der Waals surface area contributed by atoms with Crippen molar-refractivity contribution in [1.82, 2.24) is 0 Å². The lowest BCUT2D eigenvalue weighted by atomic mass is 10.2. The molecule has 0 atom stereocenters. The molecule has 0 fully saturated rings. The minimum absolute atomic E-state index is 0.152. The number of ether oxygens (including phenoxy) is 1. The number of amides is 2. The average molecular weight is 409 g/mol. The fourth-order valence-electron chi connectivity index (χ4n) is 2.62. The molecule has 0 radical (unpaired) electrons. The normalized spacial score (nSPS) is 10.3. The first-order valence-electron chi connectivity index (χ1n) is 9.08. The van der Waals surface area contributed by atoms with Crippen LogP contribution in [0.5, 0.6) is 5.75 Å². The monoisotopic (exact) mass is 408 g/mol. The van der Waals surface area contributed by atoms with Crippen LogP contribution >= 0.6 is 11.6 Å². The van der Waals surface area contributed by atoms with E-state index < -0.39 is 0 Å². The maximum Gasteiger partial charge on any atom is 0.262 e. The number of rotatable bonds is 6. The van der Waals surface area contributed by atoms with Crippen molar-refractivity contribution in [2.24, 2.45) is 0 Å². The van der Waals surface area contributed by atoms with Crippen LogP contribution in [-0.2, 0) is 4.79 Å². The van der Waals surface area contributed by atoms with Gasteiger partial charge in [-0.1, -0.05) is 35.4 Å². The summed E-state index contributed by atoms with van der Waals surface area (Å²) in [7, 11) is 0. The quantitative estimate of drug-likeness (QED) is 0.587. The molecule has 0 heterocycles. The van der Waals surface area contributed by atoms with Crippen LogP contribution in [0.1, 0.15) is 21.5 Å². The van der Waals surface area contributed by atoms with Crippen molar-refractivity contribution in [2.75, 3.05) is 17.2 Å². The van der Waals surface area contributed by atoms with Crippen molar-refractivity contribution in [1.29, 1.82) is 0 Å². The number of hydrogen-bond acceptors (Lipinski definition) is 3. The van der Waals surface area contributed by atoms with Gasteiger partial charge in [0.05, 0.1) is 0 Å². The number of carbonyl (C=O) groups is 2. The average Bonchev–Trinajstić information content (AvgIpc) is 2.72. The van der Waals surface area contributed by atoms with Crippen LogP contribution in [0.4, 0.5) is 11.4 Å². The highest BCUT2D eigenvalue weighted by Crippen LogP contribution is 2.23. The minimum Gasteiger partial charge on any atom is -0.484 e. The Morgan fingerprint density at radius 3 is 2.28 bits per heavy atom. The van der Waals surface area contributed by atoms with Crippen LogP contribution in [0.25, 0.3) is 0 Å². The van der Waals surface area contributed by atoms with Crippen LogP contribution in [0, 0.1) is 13.8 Å². The molecule has 29 heavy (non-hydrogen) atoms. The largest absolute Gasteiger partial charge is 0.484 e. The lowest BCUT2D eigenvalue weighted by Crippen LogP contribution is -2.20. The van der Waals surface area contributed by atoms with E-state index in [9.17, 15) is 9.59 Å². The van der Waals surface area contributed by atoms with Gasteiger partial charge in [-0.15, -0.1) is 0 Å². The summed E-state index contributed by atoms with van der Waals surface area (Å²) in [6.45, 7) is 3.67. The van der Waals surface area contributed by atoms with E-state index in [-0.39, 0.29) is 18.4 Å². The number of halogens is 1. The summed E-state index contributed by atoms with van der Waals surface area (Å²) in [6.07, 6.45) is 0. The van der Waals surface area contributed by atoms with Crippen LogP contribution in [-0.4, -0.2) is 18.4 Å². The molecule has 0 saturated carbocycles. The van der Waals surface area contributed by atoms with Crippen LogP contribution in [0.3, 0.4) is 0 Å². The first-order chi connectivity index (χ1) is 13.9. The zero-order valence-corrected chi connectivity index (χ0v) is 16.9. The fourth-order valence-corrected chi connectivity index (χ4v) is 2.80. The van der Waals surface area contributed by atoms with Crippen molar-refractivity contribution in [3.8, 4) is 5.75 Å². The lowest BCUT2D eigenvalue weighted by Gasteiger charge is -2.11. The maximum atomic E-state index is 12.3. The maximum absolute atomic E-state index is 12.3. The fraction of sp³-hybridized carbons (Fsp3) is 0.130. The van der Waals surface area contributed by atoms with Gasteiger partial charge in [-0.2, -0.15) is 0 Å². The molecule has 148 valence electrons. The molecular weight excluding hydrogens is 388 g/mol. The van der Waals surface area contributed by atoms with Crippen LogP contribution in [0.15, 0.2) is 66.7 Å². The zero-order valence-electron chi connectivity index (χ0n) is 16.2. The van der Waals surface area contributed by atoms with E-state index in [1.165, 1.54) is 0 Å². The van der Waals surface area contributed by atoms with Gasteiger partial charge in [0.25, 0.3) is 11.8 Å². The zero-order chi connectivity index (χ0) is 20.8. The summed E-state index contributed by atoms with van der Waals surface area (Å²) >= 11 is 6.05. The second-order valence-electron chi connectivity index (χ2n) is 6.59. The molecule has 0 aromatic heterocycles. The van der Waals surface area contributed by atoms with Gasteiger partial charge in [0, 0.05) is 22.0 Å². The Bertz CT molecular complexity index is 1020. The Balaban J connectivity index is 1.53. The highest BCUT2D eigenvalue weighted by atomic mass is 35.5. The van der Waals surface area contributed by atoms with Crippen molar-refractivity contribution < 1.29 is 14.3 Å². The van der Waals surface area contributed by atoms with E-state index in [0.29, 0.717) is 22.0 Å². The van der Waals surface area contributed by atoms with E-state index >= 15 is 0 Å². The Morgan fingerprint density at radius 1 is 0.897 bits per heavy atom. The lowest BCUT2D eigenvalue weighted by molar-refractivity contribution is -0.118. The first kappa shape index (κ1) is 20.4. The molecule has 3 rings (SSSR count). The highest BCUT2D eigenvalue weighted by Gasteiger charge is 2.09. The molecule has 5 nitrogen and oxygen atoms in total. The van der Waals surface area contributed by atoms with Crippen molar-refractivity contribution in [2.45, 2.75) is 13.8 Å². The molecule has 0 aliphatic carbocycles. The second-order valence-corrected chi connectivity index (χ2v) is 7.00. The van der Waals surface area contributed by atoms with Crippen LogP contribution in [0.2, 0.25) is 5.02 Å². The molecule has 6 heteroatoms. The smallest absolute Gasteiger partial charge is 0.262 e. The van der Waals surface area contributed by atoms with Gasteiger partial charge in [0.2, 0.25) is 0 Å². The number of carbonyl (C=O) groups excluding carboxylic acids is 2. The molecule has 0 aliphatic rings. The number of aryl methyl sites for hydroxylation is 1. The SMILES string of the molecule is Cc1ccc(NC(=O)c2ccc(OCC(=O)Nc3cccc(Cl)c3C)cc2)cc1. The Labute approximate surface area is 174 Å². The Hall–Kier alpha value is -3.31. The number of benzene rings is 3. The molecule has 0 bridgehead atoms. The molecule has 3 aromatic carbocycles. The third-order valence-electron chi connectivity index (χ3n) is 4.34. The van der Waals surface area contributed by atoms with E-state index in [2.05, 4.69) is 10.6 Å². The molecule has 0 spiro atoms. The molecule has 0 unspecified atom stereocenters. The highest BCUT2D eigenvalue weighted by molar-refractivity contribution is 6.31. The predicted molar refractivity (Wildman–Crippen MR) is 116 cm³/mol. The molecule has 2 N–H and O–H groups in total. The Morgan fingerprint density at radius 2 is 1.59 bits per heavy atom. The topological polar surface area (TPSA) is 67.4 Å². The molecule has 0 aliphatic heterocycles. The number of hydrogen-bond donors (Lipinski definition) is 2. The predicted octanol–water partition coefficient (Wildman–Crippen LogP) is 5.23. The van der Waals surface area contributed by atoms with Gasteiger partial charge in [0.1, 0.15) is 5.75 Å². The molecule has 3 aromatic rings.